The van der Waals surface area contributed by atoms with E-state index in [-0.39, 0.29) is 5.41 Å². The maximum atomic E-state index is 10.8. The third-order valence-electron chi connectivity index (χ3n) is 4.66. The van der Waals surface area contributed by atoms with E-state index < -0.39 is 5.60 Å². The van der Waals surface area contributed by atoms with Gasteiger partial charge in [-0.1, -0.05) is 69.3 Å². The topological polar surface area (TPSA) is 33.1 Å². The molecule has 2 heteroatoms. The predicted molar refractivity (Wildman–Crippen MR) is 109 cm³/mol. The summed E-state index contributed by atoms with van der Waals surface area (Å²) in [5.41, 5.74) is 5.17. The van der Waals surface area contributed by atoms with E-state index in [0.717, 1.165) is 27.9 Å². The zero-order valence-electron chi connectivity index (χ0n) is 16.2. The first-order valence-corrected chi connectivity index (χ1v) is 9.05. The lowest BCUT2D eigenvalue weighted by atomic mass is 9.84. The van der Waals surface area contributed by atoms with E-state index in [1.807, 2.05) is 44.3 Å². The average molecular weight is 345 g/mol. The van der Waals surface area contributed by atoms with Crippen molar-refractivity contribution in [2.24, 2.45) is 0 Å². The molecular weight excluding hydrogens is 318 g/mol. The number of nitrogens with zero attached hydrogens (tertiary/aromatic N) is 1. The summed E-state index contributed by atoms with van der Waals surface area (Å²) in [6.45, 7) is 10.1. The molecule has 26 heavy (non-hydrogen) atoms. The van der Waals surface area contributed by atoms with Crippen molar-refractivity contribution in [3.05, 3.63) is 78.0 Å². The van der Waals surface area contributed by atoms with E-state index in [4.69, 9.17) is 4.98 Å². The van der Waals surface area contributed by atoms with Gasteiger partial charge in [0.25, 0.3) is 0 Å². The summed E-state index contributed by atoms with van der Waals surface area (Å²) in [4.78, 5) is 4.76. The minimum atomic E-state index is -0.966. The SMILES string of the molecule is CC(C)(C)c1cnc(-c2cccc(-c3ccccc3)c2)c(C(C)(C)O)c1. The molecule has 0 aliphatic rings. The Hall–Kier alpha value is -2.45. The Balaban J connectivity index is 2.15. The second-order valence-corrected chi connectivity index (χ2v) is 8.38. The molecule has 0 unspecified atom stereocenters. The lowest BCUT2D eigenvalue weighted by Crippen LogP contribution is -2.20. The van der Waals surface area contributed by atoms with Gasteiger partial charge in [0.1, 0.15) is 0 Å². The van der Waals surface area contributed by atoms with E-state index in [1.54, 1.807) is 0 Å². The zero-order valence-corrected chi connectivity index (χ0v) is 16.2. The van der Waals surface area contributed by atoms with Gasteiger partial charge in [-0.3, -0.25) is 4.98 Å². The maximum absolute atomic E-state index is 10.8. The molecule has 2 aromatic carbocycles. The van der Waals surface area contributed by atoms with Gasteiger partial charge in [0.15, 0.2) is 0 Å². The maximum Gasteiger partial charge on any atom is 0.0861 e. The summed E-state index contributed by atoms with van der Waals surface area (Å²) in [6.07, 6.45) is 1.93. The first kappa shape index (κ1) is 18.3. The van der Waals surface area contributed by atoms with Crippen molar-refractivity contribution in [3.8, 4) is 22.4 Å². The summed E-state index contributed by atoms with van der Waals surface area (Å²) < 4.78 is 0. The molecule has 0 saturated heterocycles. The largest absolute Gasteiger partial charge is 0.386 e. The Labute approximate surface area is 156 Å². The number of rotatable bonds is 3. The summed E-state index contributed by atoms with van der Waals surface area (Å²) >= 11 is 0. The summed E-state index contributed by atoms with van der Waals surface area (Å²) in [5, 5.41) is 10.8. The van der Waals surface area contributed by atoms with Crippen LogP contribution in [0.25, 0.3) is 22.4 Å². The van der Waals surface area contributed by atoms with Gasteiger partial charge in [-0.2, -0.15) is 0 Å². The Morgan fingerprint density at radius 1 is 0.731 bits per heavy atom. The average Bonchev–Trinajstić information content (AvgIpc) is 2.60. The fourth-order valence-electron chi connectivity index (χ4n) is 3.05. The van der Waals surface area contributed by atoms with Crippen molar-refractivity contribution in [2.45, 2.75) is 45.6 Å². The third kappa shape index (κ3) is 3.86. The molecule has 134 valence electrons. The van der Waals surface area contributed by atoms with Gasteiger partial charge in [-0.15, -0.1) is 0 Å². The van der Waals surface area contributed by atoms with Crippen LogP contribution in [0.5, 0.6) is 0 Å². The fourth-order valence-corrected chi connectivity index (χ4v) is 3.05. The van der Waals surface area contributed by atoms with Gasteiger partial charge in [-0.25, -0.2) is 0 Å². The Kier molecular flexibility index (Phi) is 4.72. The third-order valence-corrected chi connectivity index (χ3v) is 4.66. The van der Waals surface area contributed by atoms with E-state index in [2.05, 4.69) is 57.2 Å². The van der Waals surface area contributed by atoms with Gasteiger partial charge in [0.2, 0.25) is 0 Å². The highest BCUT2D eigenvalue weighted by Gasteiger charge is 2.25. The molecule has 1 N–H and O–H groups in total. The molecule has 3 aromatic rings. The van der Waals surface area contributed by atoms with Crippen LogP contribution < -0.4 is 0 Å². The Morgan fingerprint density at radius 2 is 1.35 bits per heavy atom. The van der Waals surface area contributed by atoms with Crippen molar-refractivity contribution in [2.75, 3.05) is 0 Å². The van der Waals surface area contributed by atoms with E-state index in [0.29, 0.717) is 0 Å². The van der Waals surface area contributed by atoms with Crippen LogP contribution in [0.4, 0.5) is 0 Å². The minimum Gasteiger partial charge on any atom is -0.386 e. The van der Waals surface area contributed by atoms with Crippen molar-refractivity contribution < 1.29 is 5.11 Å². The number of benzene rings is 2. The molecule has 0 atom stereocenters. The van der Waals surface area contributed by atoms with Crippen LogP contribution in [0.2, 0.25) is 0 Å². The van der Waals surface area contributed by atoms with Crippen LogP contribution in [0.15, 0.2) is 66.9 Å². The first-order chi connectivity index (χ1) is 12.2. The van der Waals surface area contributed by atoms with Crippen LogP contribution in [-0.2, 0) is 11.0 Å². The number of aliphatic hydroxyl groups is 1. The smallest absolute Gasteiger partial charge is 0.0861 e. The van der Waals surface area contributed by atoms with Crippen molar-refractivity contribution in [3.63, 3.8) is 0 Å². The van der Waals surface area contributed by atoms with Crippen LogP contribution in [-0.4, -0.2) is 10.1 Å². The molecule has 0 amide bonds. The van der Waals surface area contributed by atoms with Gasteiger partial charge in [0.05, 0.1) is 11.3 Å². The summed E-state index contributed by atoms with van der Waals surface area (Å²) in [7, 11) is 0. The number of pyridine rings is 1. The van der Waals surface area contributed by atoms with E-state index in [9.17, 15) is 5.11 Å². The van der Waals surface area contributed by atoms with E-state index >= 15 is 0 Å². The monoisotopic (exact) mass is 345 g/mol. The van der Waals surface area contributed by atoms with Crippen molar-refractivity contribution in [1.29, 1.82) is 0 Å². The molecule has 0 aliphatic carbocycles. The first-order valence-electron chi connectivity index (χ1n) is 9.05. The predicted octanol–water partition coefficient (Wildman–Crippen LogP) is 5.94. The van der Waals surface area contributed by atoms with Crippen LogP contribution >= 0.6 is 0 Å². The highest BCUT2D eigenvalue weighted by molar-refractivity contribution is 5.73. The quantitative estimate of drug-likeness (QED) is 0.637. The zero-order chi connectivity index (χ0) is 18.9. The van der Waals surface area contributed by atoms with Crippen LogP contribution in [0.1, 0.15) is 45.7 Å². The lowest BCUT2D eigenvalue weighted by Gasteiger charge is -2.26. The summed E-state index contributed by atoms with van der Waals surface area (Å²) in [5.74, 6) is 0. The van der Waals surface area contributed by atoms with Crippen LogP contribution in [0.3, 0.4) is 0 Å². The normalized spacial score (nSPS) is 12.2. The lowest BCUT2D eigenvalue weighted by molar-refractivity contribution is 0.0787. The highest BCUT2D eigenvalue weighted by atomic mass is 16.3. The number of aromatic nitrogens is 1. The fraction of sp³-hybridized carbons (Fsp3) is 0.292. The number of hydrogen-bond donors (Lipinski definition) is 1. The van der Waals surface area contributed by atoms with Gasteiger partial charge in [0, 0.05) is 17.3 Å². The molecule has 1 heterocycles. The molecule has 1 aromatic heterocycles. The standard InChI is InChI=1S/C24H27NO/c1-23(2,3)20-15-21(24(4,5)26)22(25-16-20)19-13-9-12-18(14-19)17-10-7-6-8-11-17/h6-16,26H,1-5H3. The molecule has 0 saturated carbocycles. The van der Waals surface area contributed by atoms with Gasteiger partial charge < -0.3 is 5.11 Å². The second-order valence-electron chi connectivity index (χ2n) is 8.38. The minimum absolute atomic E-state index is 0.0165. The molecule has 3 rings (SSSR count). The Morgan fingerprint density at radius 3 is 1.96 bits per heavy atom. The van der Waals surface area contributed by atoms with Crippen molar-refractivity contribution >= 4 is 0 Å². The highest BCUT2D eigenvalue weighted by Crippen LogP contribution is 2.35. The van der Waals surface area contributed by atoms with Gasteiger partial charge in [-0.05, 0) is 48.1 Å². The molecule has 0 bridgehead atoms. The number of hydrogen-bond acceptors (Lipinski definition) is 2. The van der Waals surface area contributed by atoms with E-state index in [1.165, 1.54) is 5.56 Å². The molecule has 0 spiro atoms. The molecular formula is C24H27NO. The second kappa shape index (κ2) is 6.69. The van der Waals surface area contributed by atoms with Crippen molar-refractivity contribution in [1.82, 2.24) is 4.98 Å². The molecule has 2 nitrogen and oxygen atoms in total. The molecule has 0 radical (unpaired) electrons. The Bertz CT molecular complexity index is 899. The molecule has 0 aliphatic heterocycles. The molecule has 0 fully saturated rings. The summed E-state index contributed by atoms with van der Waals surface area (Å²) in [6, 6.07) is 20.8. The van der Waals surface area contributed by atoms with Gasteiger partial charge >= 0.3 is 0 Å². The van der Waals surface area contributed by atoms with Crippen LogP contribution in [0, 0.1) is 0 Å².